The van der Waals surface area contributed by atoms with Gasteiger partial charge >= 0.3 is 0 Å². The van der Waals surface area contributed by atoms with Crippen LogP contribution in [-0.4, -0.2) is 22.6 Å². The third-order valence-electron chi connectivity index (χ3n) is 2.59. The zero-order valence-electron chi connectivity index (χ0n) is 9.90. The molecule has 0 spiro atoms. The van der Waals surface area contributed by atoms with Crippen molar-refractivity contribution >= 4 is 5.91 Å². The molecule has 5 heteroatoms. The Morgan fingerprint density at radius 1 is 1.44 bits per heavy atom. The van der Waals surface area contributed by atoms with Gasteiger partial charge in [0.2, 0.25) is 0 Å². The quantitative estimate of drug-likeness (QED) is 0.800. The monoisotopic (exact) mass is 240 g/mol. The molecule has 2 rings (SSSR count). The topological polar surface area (TPSA) is 81.6 Å². The summed E-state index contributed by atoms with van der Waals surface area (Å²) in [5, 5.41) is 17.7. The molecule has 1 aromatic carbocycles. The lowest BCUT2D eigenvalue weighted by molar-refractivity contribution is 0.0958. The zero-order valence-corrected chi connectivity index (χ0v) is 9.90. The molecule has 0 aliphatic heterocycles. The molecule has 0 saturated carbocycles. The van der Waals surface area contributed by atoms with Gasteiger partial charge in [0.05, 0.1) is 18.0 Å². The van der Waals surface area contributed by atoms with E-state index in [0.29, 0.717) is 5.56 Å². The molecule has 0 fully saturated rings. The van der Waals surface area contributed by atoms with Crippen LogP contribution in [0.4, 0.5) is 0 Å². The van der Waals surface area contributed by atoms with Crippen molar-refractivity contribution in [2.45, 2.75) is 6.92 Å². The van der Waals surface area contributed by atoms with Crippen LogP contribution >= 0.6 is 0 Å². The molecule has 1 aromatic heterocycles. The SMILES string of the molecule is Cc1cn[nH]c1-c1ccc(C(=O)NCC#N)cc1. The Kier molecular flexibility index (Phi) is 3.39. The largest absolute Gasteiger partial charge is 0.339 e. The van der Waals surface area contributed by atoms with Crippen LogP contribution in [0.5, 0.6) is 0 Å². The first-order valence-corrected chi connectivity index (χ1v) is 5.48. The molecular formula is C13H12N4O. The highest BCUT2D eigenvalue weighted by molar-refractivity contribution is 5.94. The van der Waals surface area contributed by atoms with Gasteiger partial charge in [0.1, 0.15) is 6.54 Å². The minimum Gasteiger partial charge on any atom is -0.339 e. The summed E-state index contributed by atoms with van der Waals surface area (Å²) in [4.78, 5) is 11.6. The Bertz CT molecular complexity index is 592. The first kappa shape index (κ1) is 11.9. The fourth-order valence-corrected chi connectivity index (χ4v) is 1.65. The fourth-order valence-electron chi connectivity index (χ4n) is 1.65. The van der Waals surface area contributed by atoms with Crippen LogP contribution in [0.15, 0.2) is 30.5 Å². The van der Waals surface area contributed by atoms with Gasteiger partial charge in [0.25, 0.3) is 5.91 Å². The molecular weight excluding hydrogens is 228 g/mol. The molecule has 5 nitrogen and oxygen atoms in total. The normalized spacial score (nSPS) is 9.78. The molecule has 0 bridgehead atoms. The number of carbonyl (C=O) groups excluding carboxylic acids is 1. The summed E-state index contributed by atoms with van der Waals surface area (Å²) >= 11 is 0. The van der Waals surface area contributed by atoms with Gasteiger partial charge < -0.3 is 5.32 Å². The molecule has 1 amide bonds. The number of amides is 1. The summed E-state index contributed by atoms with van der Waals surface area (Å²) in [7, 11) is 0. The molecule has 1 heterocycles. The van der Waals surface area contributed by atoms with E-state index < -0.39 is 0 Å². The lowest BCUT2D eigenvalue weighted by Crippen LogP contribution is -2.23. The third kappa shape index (κ3) is 2.38. The summed E-state index contributed by atoms with van der Waals surface area (Å²) < 4.78 is 0. The van der Waals surface area contributed by atoms with Crippen LogP contribution in [0.25, 0.3) is 11.3 Å². The molecule has 0 atom stereocenters. The van der Waals surface area contributed by atoms with E-state index in [1.165, 1.54) is 0 Å². The molecule has 0 aliphatic carbocycles. The van der Waals surface area contributed by atoms with Gasteiger partial charge in [0.15, 0.2) is 0 Å². The molecule has 2 N–H and O–H groups in total. The summed E-state index contributed by atoms with van der Waals surface area (Å²) in [6, 6.07) is 9.01. The molecule has 0 aliphatic rings. The number of rotatable bonds is 3. The number of nitrogens with one attached hydrogen (secondary N) is 2. The number of hydrogen-bond donors (Lipinski definition) is 2. The summed E-state index contributed by atoms with van der Waals surface area (Å²) in [5.41, 5.74) is 3.50. The average molecular weight is 240 g/mol. The van der Waals surface area contributed by atoms with Crippen molar-refractivity contribution in [3.05, 3.63) is 41.6 Å². The van der Waals surface area contributed by atoms with Gasteiger partial charge in [0, 0.05) is 5.56 Å². The van der Waals surface area contributed by atoms with Crippen LogP contribution in [0.2, 0.25) is 0 Å². The lowest BCUT2D eigenvalue weighted by atomic mass is 10.1. The van der Waals surface area contributed by atoms with E-state index in [4.69, 9.17) is 5.26 Å². The van der Waals surface area contributed by atoms with Crippen LogP contribution < -0.4 is 5.32 Å². The second kappa shape index (κ2) is 5.15. The van der Waals surface area contributed by atoms with Gasteiger partial charge in [-0.3, -0.25) is 9.89 Å². The first-order valence-electron chi connectivity index (χ1n) is 5.48. The van der Waals surface area contributed by atoms with E-state index in [0.717, 1.165) is 16.8 Å². The highest BCUT2D eigenvalue weighted by Crippen LogP contribution is 2.20. The van der Waals surface area contributed by atoms with Crippen LogP contribution in [0, 0.1) is 18.3 Å². The highest BCUT2D eigenvalue weighted by Gasteiger charge is 2.07. The number of aromatic nitrogens is 2. The Balaban J connectivity index is 2.18. The maximum atomic E-state index is 11.6. The Hall–Kier alpha value is -2.61. The van der Waals surface area contributed by atoms with Crippen molar-refractivity contribution in [1.29, 1.82) is 5.26 Å². The standard InChI is InChI=1S/C13H12N4O/c1-9-8-16-17-12(9)10-2-4-11(5-3-10)13(18)15-7-6-14/h2-5,8H,7H2,1H3,(H,15,18)(H,16,17). The van der Waals surface area contributed by atoms with Gasteiger partial charge in [-0.25, -0.2) is 0 Å². The zero-order chi connectivity index (χ0) is 13.0. The fraction of sp³-hybridized carbons (Fsp3) is 0.154. The van der Waals surface area contributed by atoms with Crippen LogP contribution in [0.1, 0.15) is 15.9 Å². The predicted molar refractivity (Wildman–Crippen MR) is 66.7 cm³/mol. The Morgan fingerprint density at radius 3 is 2.72 bits per heavy atom. The van der Waals surface area contributed by atoms with E-state index in [1.54, 1.807) is 18.3 Å². The maximum Gasteiger partial charge on any atom is 0.252 e. The molecule has 90 valence electrons. The molecule has 18 heavy (non-hydrogen) atoms. The first-order chi connectivity index (χ1) is 8.72. The van der Waals surface area contributed by atoms with Gasteiger partial charge in [-0.2, -0.15) is 10.4 Å². The van der Waals surface area contributed by atoms with Gasteiger partial charge in [-0.05, 0) is 30.2 Å². The van der Waals surface area contributed by atoms with Gasteiger partial charge in [-0.1, -0.05) is 12.1 Å². The minimum atomic E-state index is -0.246. The third-order valence-corrected chi connectivity index (χ3v) is 2.59. The van der Waals surface area contributed by atoms with Crippen molar-refractivity contribution in [2.24, 2.45) is 0 Å². The Morgan fingerprint density at radius 2 is 2.17 bits per heavy atom. The van der Waals surface area contributed by atoms with Crippen LogP contribution in [-0.2, 0) is 0 Å². The number of aromatic amines is 1. The second-order valence-electron chi connectivity index (χ2n) is 3.85. The summed E-state index contributed by atoms with van der Waals surface area (Å²) in [5.74, 6) is -0.246. The van der Waals surface area contributed by atoms with Gasteiger partial charge in [-0.15, -0.1) is 0 Å². The number of H-pyrrole nitrogens is 1. The minimum absolute atomic E-state index is 0.0141. The average Bonchev–Trinajstić information content (AvgIpc) is 2.82. The summed E-state index contributed by atoms with van der Waals surface area (Å²) in [6.45, 7) is 1.98. The van der Waals surface area contributed by atoms with Crippen molar-refractivity contribution < 1.29 is 4.79 Å². The van der Waals surface area contributed by atoms with Crippen molar-refractivity contribution in [1.82, 2.24) is 15.5 Å². The molecule has 0 saturated heterocycles. The number of hydrogen-bond acceptors (Lipinski definition) is 3. The highest BCUT2D eigenvalue weighted by atomic mass is 16.1. The molecule has 0 radical (unpaired) electrons. The maximum absolute atomic E-state index is 11.6. The molecule has 0 unspecified atom stereocenters. The van der Waals surface area contributed by atoms with Crippen molar-refractivity contribution in [3.63, 3.8) is 0 Å². The number of nitrogens with zero attached hydrogens (tertiary/aromatic N) is 2. The van der Waals surface area contributed by atoms with E-state index in [2.05, 4.69) is 15.5 Å². The number of nitriles is 1. The Labute approximate surface area is 104 Å². The molecule has 2 aromatic rings. The predicted octanol–water partition coefficient (Wildman–Crippen LogP) is 1.64. The number of benzene rings is 1. The number of aryl methyl sites for hydroxylation is 1. The van der Waals surface area contributed by atoms with Crippen LogP contribution in [0.3, 0.4) is 0 Å². The van der Waals surface area contributed by atoms with E-state index in [9.17, 15) is 4.79 Å². The summed E-state index contributed by atoms with van der Waals surface area (Å²) in [6.07, 6.45) is 1.75. The number of carbonyl (C=O) groups is 1. The van der Waals surface area contributed by atoms with Crippen molar-refractivity contribution in [3.8, 4) is 17.3 Å². The van der Waals surface area contributed by atoms with E-state index in [-0.39, 0.29) is 12.5 Å². The smallest absolute Gasteiger partial charge is 0.252 e. The van der Waals surface area contributed by atoms with E-state index in [1.807, 2.05) is 25.1 Å². The second-order valence-corrected chi connectivity index (χ2v) is 3.85. The van der Waals surface area contributed by atoms with E-state index >= 15 is 0 Å². The lowest BCUT2D eigenvalue weighted by Gasteiger charge is -2.03. The van der Waals surface area contributed by atoms with Crippen molar-refractivity contribution in [2.75, 3.05) is 6.54 Å².